The van der Waals surface area contributed by atoms with Crippen LogP contribution in [0.2, 0.25) is 0 Å². The number of hydrogen-bond acceptors (Lipinski definition) is 4. The Kier molecular flexibility index (Phi) is 3.58. The highest BCUT2D eigenvalue weighted by atomic mass is 16.2. The summed E-state index contributed by atoms with van der Waals surface area (Å²) in [6, 6.07) is 9.55. The van der Waals surface area contributed by atoms with Gasteiger partial charge < -0.3 is 0 Å². The van der Waals surface area contributed by atoms with E-state index in [1.807, 2.05) is 37.3 Å². The first kappa shape index (κ1) is 14.3. The first-order valence-electron chi connectivity index (χ1n) is 8.16. The number of carbonyl (C=O) groups is 1. The predicted molar refractivity (Wildman–Crippen MR) is 90.5 cm³/mol. The van der Waals surface area contributed by atoms with Crippen LogP contribution in [0, 0.1) is 12.8 Å². The Hall–Kier alpha value is -2.27. The molecule has 0 unspecified atom stereocenters. The normalized spacial score (nSPS) is 25.0. The fraction of sp³-hybridized carbons (Fsp3) is 0.389. The maximum absolute atomic E-state index is 12.6. The molecule has 2 bridgehead atoms. The number of hydrogen-bond donors (Lipinski definition) is 1. The SMILES string of the molecule is Cc1cc(C(=O)N/N=C2\CN3CCC2CC3)c2ccccc2n1. The van der Waals surface area contributed by atoms with Crippen molar-refractivity contribution < 1.29 is 4.79 Å². The summed E-state index contributed by atoms with van der Waals surface area (Å²) >= 11 is 0. The molecular weight excluding hydrogens is 288 g/mol. The van der Waals surface area contributed by atoms with Crippen LogP contribution in [-0.2, 0) is 0 Å². The molecule has 0 aliphatic carbocycles. The van der Waals surface area contributed by atoms with Crippen LogP contribution in [0.5, 0.6) is 0 Å². The van der Waals surface area contributed by atoms with E-state index in [1.165, 1.54) is 0 Å². The van der Waals surface area contributed by atoms with Gasteiger partial charge in [-0.1, -0.05) is 18.2 Å². The van der Waals surface area contributed by atoms with E-state index < -0.39 is 0 Å². The third kappa shape index (κ3) is 2.72. The molecule has 118 valence electrons. The molecular formula is C18H20N4O. The van der Waals surface area contributed by atoms with Gasteiger partial charge in [0.1, 0.15) is 0 Å². The van der Waals surface area contributed by atoms with Crippen LogP contribution in [-0.4, -0.2) is 41.1 Å². The first-order chi connectivity index (χ1) is 11.2. The zero-order valence-electron chi connectivity index (χ0n) is 13.2. The predicted octanol–water partition coefficient (Wildman–Crippen LogP) is 2.35. The molecule has 0 spiro atoms. The smallest absolute Gasteiger partial charge is 0.272 e. The Bertz CT molecular complexity index is 791. The van der Waals surface area contributed by atoms with Crippen molar-refractivity contribution in [3.63, 3.8) is 0 Å². The van der Waals surface area contributed by atoms with Crippen molar-refractivity contribution in [1.29, 1.82) is 0 Å². The number of benzene rings is 1. The van der Waals surface area contributed by atoms with E-state index in [0.717, 1.165) is 54.8 Å². The molecule has 3 fully saturated rings. The van der Waals surface area contributed by atoms with Gasteiger partial charge in [-0.15, -0.1) is 0 Å². The lowest BCUT2D eigenvalue weighted by Crippen LogP contribution is -2.48. The lowest BCUT2D eigenvalue weighted by molar-refractivity contribution is 0.0954. The summed E-state index contributed by atoms with van der Waals surface area (Å²) in [6.45, 7) is 5.11. The third-order valence-corrected chi connectivity index (χ3v) is 4.83. The summed E-state index contributed by atoms with van der Waals surface area (Å²) in [5.74, 6) is 0.381. The van der Waals surface area contributed by atoms with Crippen molar-refractivity contribution in [2.75, 3.05) is 19.6 Å². The molecule has 1 aromatic heterocycles. The van der Waals surface area contributed by atoms with E-state index in [-0.39, 0.29) is 5.91 Å². The van der Waals surface area contributed by atoms with Crippen molar-refractivity contribution >= 4 is 22.5 Å². The van der Waals surface area contributed by atoms with E-state index >= 15 is 0 Å². The number of amides is 1. The highest BCUT2D eigenvalue weighted by molar-refractivity contribution is 6.06. The summed E-state index contributed by atoms with van der Waals surface area (Å²) < 4.78 is 0. The van der Waals surface area contributed by atoms with Gasteiger partial charge in [-0.3, -0.25) is 14.7 Å². The van der Waals surface area contributed by atoms with Gasteiger partial charge in [-0.2, -0.15) is 5.10 Å². The molecule has 5 nitrogen and oxygen atoms in total. The molecule has 5 heteroatoms. The van der Waals surface area contributed by atoms with E-state index in [4.69, 9.17) is 0 Å². The number of aryl methyl sites for hydroxylation is 1. The fourth-order valence-corrected chi connectivity index (χ4v) is 3.59. The number of pyridine rings is 1. The molecule has 1 aromatic carbocycles. The second kappa shape index (κ2) is 5.74. The minimum absolute atomic E-state index is 0.157. The molecule has 4 heterocycles. The van der Waals surface area contributed by atoms with E-state index in [9.17, 15) is 4.79 Å². The molecule has 1 amide bonds. The Morgan fingerprint density at radius 3 is 2.83 bits per heavy atom. The highest BCUT2D eigenvalue weighted by Crippen LogP contribution is 2.25. The maximum atomic E-state index is 12.6. The summed E-state index contributed by atoms with van der Waals surface area (Å²) in [5, 5.41) is 5.30. The van der Waals surface area contributed by atoms with Crippen LogP contribution >= 0.6 is 0 Å². The maximum Gasteiger partial charge on any atom is 0.272 e. The van der Waals surface area contributed by atoms with Crippen molar-refractivity contribution in [2.45, 2.75) is 19.8 Å². The standard InChI is InChI=1S/C18H20N4O/c1-12-10-15(14-4-2-3-5-16(14)19-12)18(23)21-20-17-11-22-8-6-13(17)7-9-22/h2-5,10,13H,6-9,11H2,1H3,(H,21,23)/b20-17+. The number of rotatable bonds is 2. The second-order valence-corrected chi connectivity index (χ2v) is 6.42. The fourth-order valence-electron chi connectivity index (χ4n) is 3.59. The second-order valence-electron chi connectivity index (χ2n) is 6.42. The topological polar surface area (TPSA) is 57.6 Å². The number of hydrazone groups is 1. The number of nitrogens with zero attached hydrogens (tertiary/aromatic N) is 3. The van der Waals surface area contributed by atoms with Gasteiger partial charge in [0.05, 0.1) is 16.8 Å². The average molecular weight is 308 g/mol. The van der Waals surface area contributed by atoms with Crippen LogP contribution in [0.25, 0.3) is 10.9 Å². The highest BCUT2D eigenvalue weighted by Gasteiger charge is 2.31. The first-order valence-corrected chi connectivity index (χ1v) is 8.16. The molecule has 5 rings (SSSR count). The quantitative estimate of drug-likeness (QED) is 0.867. The van der Waals surface area contributed by atoms with Crippen molar-refractivity contribution in [3.8, 4) is 0 Å². The zero-order valence-corrected chi connectivity index (χ0v) is 13.2. The van der Waals surface area contributed by atoms with Crippen molar-refractivity contribution in [3.05, 3.63) is 41.6 Å². The molecule has 0 atom stereocenters. The molecule has 23 heavy (non-hydrogen) atoms. The largest absolute Gasteiger partial charge is 0.298 e. The van der Waals surface area contributed by atoms with Crippen LogP contribution < -0.4 is 5.43 Å². The molecule has 0 saturated carbocycles. The van der Waals surface area contributed by atoms with Crippen LogP contribution in [0.3, 0.4) is 0 Å². The van der Waals surface area contributed by atoms with E-state index in [1.54, 1.807) is 0 Å². The summed E-state index contributed by atoms with van der Waals surface area (Å²) in [4.78, 5) is 19.5. The number of fused-ring (bicyclic) bond motifs is 4. The Labute approximate surface area is 135 Å². The number of aromatic nitrogens is 1. The Balaban J connectivity index is 1.60. The monoisotopic (exact) mass is 308 g/mol. The minimum atomic E-state index is -0.157. The van der Waals surface area contributed by atoms with Gasteiger partial charge >= 0.3 is 0 Å². The number of carbonyl (C=O) groups excluding carboxylic acids is 1. The number of piperidine rings is 3. The summed E-state index contributed by atoms with van der Waals surface area (Å²) in [6.07, 6.45) is 2.32. The summed E-state index contributed by atoms with van der Waals surface area (Å²) in [7, 11) is 0. The van der Waals surface area contributed by atoms with Crippen LogP contribution in [0.4, 0.5) is 0 Å². The molecule has 3 aliphatic rings. The minimum Gasteiger partial charge on any atom is -0.298 e. The Morgan fingerprint density at radius 1 is 1.30 bits per heavy atom. The van der Waals surface area contributed by atoms with Crippen LogP contribution in [0.15, 0.2) is 35.4 Å². The molecule has 0 radical (unpaired) electrons. The molecule has 1 N–H and O–H groups in total. The van der Waals surface area contributed by atoms with Gasteiger partial charge in [-0.05, 0) is 45.0 Å². The lowest BCUT2D eigenvalue weighted by atomic mass is 9.87. The van der Waals surface area contributed by atoms with E-state index in [2.05, 4.69) is 20.4 Å². The third-order valence-electron chi connectivity index (χ3n) is 4.83. The zero-order chi connectivity index (χ0) is 15.8. The van der Waals surface area contributed by atoms with Gasteiger partial charge in [0.15, 0.2) is 0 Å². The van der Waals surface area contributed by atoms with Crippen molar-refractivity contribution in [1.82, 2.24) is 15.3 Å². The number of para-hydroxylation sites is 1. The van der Waals surface area contributed by atoms with Crippen molar-refractivity contribution in [2.24, 2.45) is 11.0 Å². The van der Waals surface area contributed by atoms with E-state index in [0.29, 0.717) is 11.5 Å². The Morgan fingerprint density at radius 2 is 2.09 bits per heavy atom. The van der Waals surface area contributed by atoms with Gasteiger partial charge in [0, 0.05) is 23.5 Å². The lowest BCUT2D eigenvalue weighted by Gasteiger charge is -2.39. The van der Waals surface area contributed by atoms with Gasteiger partial charge in [0.2, 0.25) is 0 Å². The number of nitrogens with one attached hydrogen (secondary N) is 1. The van der Waals surface area contributed by atoms with Gasteiger partial charge in [-0.25, -0.2) is 5.43 Å². The molecule has 3 saturated heterocycles. The molecule has 2 aromatic rings. The summed E-state index contributed by atoms with van der Waals surface area (Å²) in [5.41, 5.74) is 6.20. The van der Waals surface area contributed by atoms with Gasteiger partial charge in [0.25, 0.3) is 5.91 Å². The molecule has 3 aliphatic heterocycles. The average Bonchev–Trinajstić information content (AvgIpc) is 2.60. The van der Waals surface area contributed by atoms with Crippen LogP contribution in [0.1, 0.15) is 28.9 Å².